The number of morpholine rings is 1. The Hall–Kier alpha value is -3.17. The van der Waals surface area contributed by atoms with Crippen molar-refractivity contribution in [2.24, 2.45) is 0 Å². The molecule has 6 heteroatoms. The summed E-state index contributed by atoms with van der Waals surface area (Å²) in [5.74, 6) is -0.345. The van der Waals surface area contributed by atoms with E-state index < -0.39 is 0 Å². The first kappa shape index (κ1) is 17.6. The molecule has 1 saturated heterocycles. The predicted octanol–water partition coefficient (Wildman–Crippen LogP) is 2.67. The van der Waals surface area contributed by atoms with Gasteiger partial charge in [0, 0.05) is 29.9 Å². The fraction of sp³-hybridized carbons (Fsp3) is 0.250. The van der Waals surface area contributed by atoms with Gasteiger partial charge in [0.15, 0.2) is 0 Å². The monoisotopic (exact) mass is 349 g/mol. The number of carbonyl (C=O) groups excluding carboxylic acids is 2. The second kappa shape index (κ2) is 7.81. The average molecular weight is 349 g/mol. The van der Waals surface area contributed by atoms with Crippen LogP contribution in [0.1, 0.15) is 33.2 Å². The Kier molecular flexibility index (Phi) is 5.30. The fourth-order valence-electron chi connectivity index (χ4n) is 2.81. The third-order valence-corrected chi connectivity index (χ3v) is 4.17. The molecule has 1 heterocycles. The highest BCUT2D eigenvalue weighted by molar-refractivity contribution is 6.04. The van der Waals surface area contributed by atoms with E-state index in [0.29, 0.717) is 42.1 Å². The first-order chi connectivity index (χ1) is 12.6. The normalized spacial score (nSPS) is 16.6. The van der Waals surface area contributed by atoms with Gasteiger partial charge in [-0.15, -0.1) is 0 Å². The van der Waals surface area contributed by atoms with Gasteiger partial charge in [0.25, 0.3) is 11.8 Å². The summed E-state index contributed by atoms with van der Waals surface area (Å²) < 4.78 is 5.45. The number of hydrogen-bond donors (Lipinski definition) is 1. The molecule has 0 bridgehead atoms. The summed E-state index contributed by atoms with van der Waals surface area (Å²) in [6.45, 7) is 3.64. The maximum absolute atomic E-state index is 12.5. The SMILES string of the molecule is CC1CN(C(=O)c2ccc(NC(=O)c3cccc(C#N)c3)cc2)CCO1. The molecule has 2 amide bonds. The molecule has 0 aliphatic carbocycles. The molecule has 26 heavy (non-hydrogen) atoms. The van der Waals surface area contributed by atoms with Crippen molar-refractivity contribution in [2.75, 3.05) is 25.0 Å². The number of nitrogens with one attached hydrogen (secondary N) is 1. The van der Waals surface area contributed by atoms with Gasteiger partial charge in [-0.3, -0.25) is 9.59 Å². The highest BCUT2D eigenvalue weighted by atomic mass is 16.5. The number of carbonyl (C=O) groups is 2. The quantitative estimate of drug-likeness (QED) is 0.923. The Morgan fingerprint density at radius 1 is 1.19 bits per heavy atom. The molecule has 2 aromatic rings. The Balaban J connectivity index is 1.66. The van der Waals surface area contributed by atoms with Crippen molar-refractivity contribution in [3.8, 4) is 6.07 Å². The summed E-state index contributed by atoms with van der Waals surface area (Å²) in [4.78, 5) is 26.6. The number of ether oxygens (including phenoxy) is 1. The van der Waals surface area contributed by atoms with Gasteiger partial charge in [-0.25, -0.2) is 0 Å². The third kappa shape index (κ3) is 4.08. The van der Waals surface area contributed by atoms with Gasteiger partial charge in [-0.1, -0.05) is 6.07 Å². The standard InChI is InChI=1S/C20H19N3O3/c1-14-13-23(9-10-26-14)20(25)16-5-7-18(8-6-16)22-19(24)17-4-2-3-15(11-17)12-21/h2-8,11,14H,9-10,13H2,1H3,(H,22,24). The van der Waals surface area contributed by atoms with Gasteiger partial charge < -0.3 is 15.0 Å². The van der Waals surface area contributed by atoms with Gasteiger partial charge in [0.1, 0.15) is 0 Å². The van der Waals surface area contributed by atoms with Crippen molar-refractivity contribution in [2.45, 2.75) is 13.0 Å². The highest BCUT2D eigenvalue weighted by Crippen LogP contribution is 2.15. The average Bonchev–Trinajstić information content (AvgIpc) is 2.68. The molecule has 0 spiro atoms. The summed E-state index contributed by atoms with van der Waals surface area (Å²) in [6.07, 6.45) is 0.0374. The number of amides is 2. The molecule has 1 N–H and O–H groups in total. The molecule has 1 aliphatic heterocycles. The minimum Gasteiger partial charge on any atom is -0.375 e. The summed E-state index contributed by atoms with van der Waals surface area (Å²) in [7, 11) is 0. The highest BCUT2D eigenvalue weighted by Gasteiger charge is 2.22. The molecule has 0 radical (unpaired) electrons. The van der Waals surface area contributed by atoms with Crippen LogP contribution in [0.2, 0.25) is 0 Å². The van der Waals surface area contributed by atoms with E-state index in [-0.39, 0.29) is 17.9 Å². The molecule has 1 unspecified atom stereocenters. The van der Waals surface area contributed by atoms with Gasteiger partial charge in [-0.05, 0) is 49.4 Å². The lowest BCUT2D eigenvalue weighted by atomic mass is 10.1. The number of anilines is 1. The first-order valence-corrected chi connectivity index (χ1v) is 8.39. The summed E-state index contributed by atoms with van der Waals surface area (Å²) >= 11 is 0. The lowest BCUT2D eigenvalue weighted by Crippen LogP contribution is -2.44. The molecular weight excluding hydrogens is 330 g/mol. The molecule has 132 valence electrons. The maximum atomic E-state index is 12.5. The summed E-state index contributed by atoms with van der Waals surface area (Å²) in [6, 6.07) is 15.3. The zero-order valence-electron chi connectivity index (χ0n) is 14.4. The van der Waals surface area contributed by atoms with Gasteiger partial charge >= 0.3 is 0 Å². The van der Waals surface area contributed by atoms with Crippen LogP contribution >= 0.6 is 0 Å². The fourth-order valence-corrected chi connectivity index (χ4v) is 2.81. The van der Waals surface area contributed by atoms with Crippen molar-refractivity contribution in [1.29, 1.82) is 5.26 Å². The van der Waals surface area contributed by atoms with E-state index >= 15 is 0 Å². The van der Waals surface area contributed by atoms with Crippen molar-refractivity contribution in [1.82, 2.24) is 4.90 Å². The Bertz CT molecular complexity index is 855. The molecule has 1 fully saturated rings. The van der Waals surface area contributed by atoms with Crippen LogP contribution in [-0.2, 0) is 4.74 Å². The van der Waals surface area contributed by atoms with E-state index in [2.05, 4.69) is 5.32 Å². The number of benzene rings is 2. The van der Waals surface area contributed by atoms with E-state index in [1.165, 1.54) is 6.07 Å². The number of nitrogens with zero attached hydrogens (tertiary/aromatic N) is 2. The third-order valence-electron chi connectivity index (χ3n) is 4.17. The van der Waals surface area contributed by atoms with Crippen LogP contribution in [-0.4, -0.2) is 42.5 Å². The van der Waals surface area contributed by atoms with Crippen LogP contribution in [0.3, 0.4) is 0 Å². The van der Waals surface area contributed by atoms with Crippen molar-refractivity contribution in [3.63, 3.8) is 0 Å². The minimum absolute atomic E-state index is 0.0374. The Labute approximate surface area is 152 Å². The van der Waals surface area contributed by atoms with Crippen LogP contribution < -0.4 is 5.32 Å². The number of rotatable bonds is 3. The van der Waals surface area contributed by atoms with E-state index in [4.69, 9.17) is 10.00 Å². The van der Waals surface area contributed by atoms with Crippen LogP contribution in [0.15, 0.2) is 48.5 Å². The molecule has 6 nitrogen and oxygen atoms in total. The van der Waals surface area contributed by atoms with Crippen LogP contribution in [0, 0.1) is 11.3 Å². The maximum Gasteiger partial charge on any atom is 0.255 e. The van der Waals surface area contributed by atoms with E-state index in [9.17, 15) is 9.59 Å². The zero-order chi connectivity index (χ0) is 18.5. The van der Waals surface area contributed by atoms with Crippen LogP contribution in [0.25, 0.3) is 0 Å². The molecule has 2 aromatic carbocycles. The number of nitriles is 1. The second-order valence-electron chi connectivity index (χ2n) is 6.16. The van der Waals surface area contributed by atoms with Gasteiger partial charge in [-0.2, -0.15) is 5.26 Å². The van der Waals surface area contributed by atoms with Crippen molar-refractivity contribution in [3.05, 3.63) is 65.2 Å². The lowest BCUT2D eigenvalue weighted by Gasteiger charge is -2.31. The number of hydrogen-bond acceptors (Lipinski definition) is 4. The Morgan fingerprint density at radius 3 is 2.65 bits per heavy atom. The summed E-state index contributed by atoms with van der Waals surface area (Å²) in [5, 5.41) is 11.7. The second-order valence-corrected chi connectivity index (χ2v) is 6.16. The molecule has 3 rings (SSSR count). The van der Waals surface area contributed by atoms with E-state index in [1.807, 2.05) is 13.0 Å². The van der Waals surface area contributed by atoms with Crippen molar-refractivity contribution < 1.29 is 14.3 Å². The smallest absolute Gasteiger partial charge is 0.255 e. The van der Waals surface area contributed by atoms with Gasteiger partial charge in [0.05, 0.1) is 24.3 Å². The van der Waals surface area contributed by atoms with Crippen LogP contribution in [0.5, 0.6) is 0 Å². The lowest BCUT2D eigenvalue weighted by molar-refractivity contribution is -0.0124. The minimum atomic E-state index is -0.303. The first-order valence-electron chi connectivity index (χ1n) is 8.39. The van der Waals surface area contributed by atoms with Crippen molar-refractivity contribution >= 4 is 17.5 Å². The zero-order valence-corrected chi connectivity index (χ0v) is 14.4. The molecular formula is C20H19N3O3. The molecule has 0 saturated carbocycles. The predicted molar refractivity (Wildman–Crippen MR) is 96.9 cm³/mol. The molecule has 0 aromatic heterocycles. The summed E-state index contributed by atoms with van der Waals surface area (Å²) in [5.41, 5.74) is 2.00. The van der Waals surface area contributed by atoms with E-state index in [1.54, 1.807) is 47.4 Å². The topological polar surface area (TPSA) is 82.4 Å². The molecule has 1 atom stereocenters. The largest absolute Gasteiger partial charge is 0.375 e. The molecule has 1 aliphatic rings. The van der Waals surface area contributed by atoms with E-state index in [0.717, 1.165) is 0 Å². The van der Waals surface area contributed by atoms with Gasteiger partial charge in [0.2, 0.25) is 0 Å². The Morgan fingerprint density at radius 2 is 1.96 bits per heavy atom. The van der Waals surface area contributed by atoms with Crippen LogP contribution in [0.4, 0.5) is 5.69 Å².